The van der Waals surface area contributed by atoms with Gasteiger partial charge in [-0.25, -0.2) is 9.59 Å². The third-order valence-corrected chi connectivity index (χ3v) is 6.53. The van der Waals surface area contributed by atoms with E-state index < -0.39 is 30.9 Å². The zero-order valence-corrected chi connectivity index (χ0v) is 19.3. The molecular weight excluding hydrogens is 411 g/mol. The fraction of sp³-hybridized carbons (Fsp3) is 0.550. The Bertz CT molecular complexity index is 769. The van der Waals surface area contributed by atoms with Crippen LogP contribution in [0.2, 0.25) is 0 Å². The van der Waals surface area contributed by atoms with Crippen LogP contribution in [0.4, 0.5) is 0 Å². The quantitative estimate of drug-likeness (QED) is 0.274. The first-order valence-electron chi connectivity index (χ1n) is 9.79. The Hall–Kier alpha value is -2.06. The van der Waals surface area contributed by atoms with E-state index in [2.05, 4.69) is 4.98 Å². The molecule has 0 aliphatic rings. The van der Waals surface area contributed by atoms with Crippen molar-refractivity contribution in [2.24, 2.45) is 0 Å². The lowest BCUT2D eigenvalue weighted by atomic mass is 9.97. The zero-order valence-electron chi connectivity index (χ0n) is 18.4. The van der Waals surface area contributed by atoms with Gasteiger partial charge < -0.3 is 18.5 Å². The second-order valence-corrected chi connectivity index (χ2v) is 7.95. The van der Waals surface area contributed by atoms with E-state index in [1.54, 1.807) is 38.4 Å². The minimum Gasteiger partial charge on any atom is -0.466 e. The number of nitrogens with zero attached hydrogens (tertiary/aromatic N) is 2. The van der Waals surface area contributed by atoms with Crippen molar-refractivity contribution in [3.05, 3.63) is 41.0 Å². The highest BCUT2D eigenvalue weighted by molar-refractivity contribution is 7.60. The number of aromatic nitrogens is 1. The van der Waals surface area contributed by atoms with Crippen molar-refractivity contribution in [3.63, 3.8) is 0 Å². The van der Waals surface area contributed by atoms with Gasteiger partial charge in [0.25, 0.3) is 0 Å². The summed E-state index contributed by atoms with van der Waals surface area (Å²) in [5.74, 6) is -1.82. The molecule has 0 saturated heterocycles. The van der Waals surface area contributed by atoms with Crippen LogP contribution in [0.1, 0.15) is 39.3 Å². The molecule has 1 atom stereocenters. The molecule has 0 aliphatic carbocycles. The van der Waals surface area contributed by atoms with Gasteiger partial charge in [-0.15, -0.1) is 0 Å². The lowest BCUT2D eigenvalue weighted by Crippen LogP contribution is -2.34. The maximum atomic E-state index is 13.7. The van der Waals surface area contributed by atoms with Crippen LogP contribution < -0.4 is 0 Å². The molecule has 10 heteroatoms. The van der Waals surface area contributed by atoms with Crippen LogP contribution in [0, 0.1) is 0 Å². The highest BCUT2D eigenvalue weighted by Crippen LogP contribution is 2.59. The largest absolute Gasteiger partial charge is 0.466 e. The van der Waals surface area contributed by atoms with Gasteiger partial charge >= 0.3 is 19.5 Å². The molecule has 0 fully saturated rings. The molecule has 1 heterocycles. The molecule has 0 aromatic carbocycles. The van der Waals surface area contributed by atoms with Crippen molar-refractivity contribution in [2.45, 2.75) is 33.7 Å². The number of carbonyl (C=O) groups is 2. The normalized spacial score (nSPS) is 13.6. The van der Waals surface area contributed by atoms with E-state index in [1.807, 2.05) is 18.7 Å². The van der Waals surface area contributed by atoms with E-state index in [4.69, 9.17) is 18.5 Å². The Morgan fingerprint density at radius 1 is 1.03 bits per heavy atom. The van der Waals surface area contributed by atoms with Crippen LogP contribution in [-0.4, -0.2) is 62.3 Å². The monoisotopic (exact) mass is 442 g/mol. The van der Waals surface area contributed by atoms with E-state index >= 15 is 0 Å². The first kappa shape index (κ1) is 26.0. The summed E-state index contributed by atoms with van der Waals surface area (Å²) in [7, 11) is -1.88. The number of hydrogen-bond donors (Lipinski definition) is 0. The summed E-state index contributed by atoms with van der Waals surface area (Å²) in [4.78, 5) is 31.9. The smallest absolute Gasteiger partial charge is 0.369 e. The van der Waals surface area contributed by atoms with Crippen molar-refractivity contribution in [1.82, 2.24) is 9.88 Å². The van der Waals surface area contributed by atoms with E-state index in [0.29, 0.717) is 18.7 Å². The van der Waals surface area contributed by atoms with E-state index in [1.165, 1.54) is 7.11 Å². The third kappa shape index (κ3) is 5.98. The number of methoxy groups -OCH3 is 2. The van der Waals surface area contributed by atoms with Crippen LogP contribution in [0.3, 0.4) is 0 Å². The molecular formula is C20H31N2O7P. The molecule has 30 heavy (non-hydrogen) atoms. The van der Waals surface area contributed by atoms with Crippen LogP contribution in [-0.2, 0) is 32.7 Å². The molecule has 0 N–H and O–H groups in total. The second kappa shape index (κ2) is 12.6. The van der Waals surface area contributed by atoms with Crippen molar-refractivity contribution in [3.8, 4) is 0 Å². The van der Waals surface area contributed by atoms with Crippen molar-refractivity contribution in [1.29, 1.82) is 0 Å². The van der Waals surface area contributed by atoms with Gasteiger partial charge in [-0.2, -0.15) is 0 Å². The van der Waals surface area contributed by atoms with Crippen LogP contribution >= 0.6 is 7.60 Å². The van der Waals surface area contributed by atoms with Crippen LogP contribution in [0.25, 0.3) is 0 Å². The molecule has 0 saturated carbocycles. The summed E-state index contributed by atoms with van der Waals surface area (Å²) in [5, 5.41) is -0.471. The fourth-order valence-corrected chi connectivity index (χ4v) is 4.94. The molecule has 1 unspecified atom stereocenters. The van der Waals surface area contributed by atoms with Gasteiger partial charge in [0.05, 0.1) is 39.0 Å². The molecule has 1 rings (SSSR count). The summed E-state index contributed by atoms with van der Waals surface area (Å²) in [5.41, 5.74) is 0.453. The lowest BCUT2D eigenvalue weighted by Gasteiger charge is -2.32. The number of ether oxygens (including phenoxy) is 2. The molecule has 168 valence electrons. The number of pyridine rings is 1. The number of carbonyl (C=O) groups excluding carboxylic acids is 2. The van der Waals surface area contributed by atoms with Crippen molar-refractivity contribution >= 4 is 19.5 Å². The molecule has 1 aromatic rings. The number of esters is 2. The van der Waals surface area contributed by atoms with Crippen molar-refractivity contribution in [2.75, 3.05) is 40.5 Å². The Balaban J connectivity index is 4.05. The summed E-state index contributed by atoms with van der Waals surface area (Å²) in [6.45, 7) is 8.08. The summed E-state index contributed by atoms with van der Waals surface area (Å²) < 4.78 is 34.3. The molecule has 0 amide bonds. The Morgan fingerprint density at radius 3 is 2.00 bits per heavy atom. The first-order chi connectivity index (χ1) is 14.3. The molecule has 0 bridgehead atoms. The minimum atomic E-state index is -4.20. The fourth-order valence-electron chi connectivity index (χ4n) is 3.11. The molecule has 9 nitrogen and oxygen atoms in total. The Morgan fingerprint density at radius 2 is 1.60 bits per heavy atom. The second-order valence-electron chi connectivity index (χ2n) is 5.99. The first-order valence-corrected chi connectivity index (χ1v) is 11.3. The van der Waals surface area contributed by atoms with Gasteiger partial charge in [0.15, 0.2) is 5.31 Å². The average Bonchev–Trinajstić information content (AvgIpc) is 2.76. The number of hydrogen-bond acceptors (Lipinski definition) is 9. The van der Waals surface area contributed by atoms with E-state index in [0.717, 1.165) is 7.11 Å². The van der Waals surface area contributed by atoms with E-state index in [-0.39, 0.29) is 18.8 Å². The molecule has 1 aromatic heterocycles. The van der Waals surface area contributed by atoms with Gasteiger partial charge in [-0.05, 0) is 38.6 Å². The minimum absolute atomic E-state index is 0.00491. The molecule has 0 spiro atoms. The van der Waals surface area contributed by atoms with Gasteiger partial charge in [-0.1, -0.05) is 19.9 Å². The zero-order chi connectivity index (χ0) is 22.7. The molecule has 0 radical (unpaired) electrons. The lowest BCUT2D eigenvalue weighted by molar-refractivity contribution is -0.139. The highest BCUT2D eigenvalue weighted by Gasteiger charge is 2.44. The average molecular weight is 442 g/mol. The van der Waals surface area contributed by atoms with E-state index in [9.17, 15) is 14.2 Å². The van der Waals surface area contributed by atoms with Gasteiger partial charge in [0.2, 0.25) is 0 Å². The summed E-state index contributed by atoms with van der Waals surface area (Å²) in [6.07, 6.45) is 3.17. The molecule has 0 aliphatic heterocycles. The maximum absolute atomic E-state index is 13.7. The van der Waals surface area contributed by atoms with Gasteiger partial charge in [0, 0.05) is 12.4 Å². The Kier molecular flexibility index (Phi) is 10.9. The summed E-state index contributed by atoms with van der Waals surface area (Å²) >= 11 is 0. The van der Waals surface area contributed by atoms with Crippen LogP contribution in [0.15, 0.2) is 35.4 Å². The SMILES string of the molecule is CCOP(=O)(OCC)/C(C(=O)OC)=C(\C(=O)OC)C(c1cccnc1)N(CC)CC. The Labute approximate surface area is 177 Å². The third-order valence-electron chi connectivity index (χ3n) is 4.36. The highest BCUT2D eigenvalue weighted by atomic mass is 31.2. The predicted molar refractivity (Wildman–Crippen MR) is 112 cm³/mol. The van der Waals surface area contributed by atoms with Gasteiger partial charge in [0.1, 0.15) is 0 Å². The van der Waals surface area contributed by atoms with Gasteiger partial charge in [-0.3, -0.25) is 14.4 Å². The standard InChI is InChI=1S/C20H31N2O7P/c1-7-22(8-2)17(15-12-11-13-21-14-15)16(19(23)26-5)18(20(24)27-6)30(25,28-9-3)29-10-4/h11-14,17H,7-10H2,1-6H3/b18-16-. The summed E-state index contributed by atoms with van der Waals surface area (Å²) in [6, 6.07) is 2.69. The van der Waals surface area contributed by atoms with Crippen LogP contribution in [0.5, 0.6) is 0 Å². The number of rotatable bonds is 12. The van der Waals surface area contributed by atoms with Crippen molar-refractivity contribution < 1.29 is 32.7 Å². The topological polar surface area (TPSA) is 104 Å². The predicted octanol–water partition coefficient (Wildman–Crippen LogP) is 3.33. The maximum Gasteiger partial charge on any atom is 0.369 e. The number of likely N-dealkylation sites (N-methyl/N-ethyl adjacent to an activating group) is 1.